The molecule has 2 N–H and O–H groups in total. The molecular formula is C11H14Cl3NO. The monoisotopic (exact) mass is 281 g/mol. The highest BCUT2D eigenvalue weighted by atomic mass is 35.6. The molecule has 0 saturated carbocycles. The van der Waals surface area contributed by atoms with Gasteiger partial charge in [0.1, 0.15) is 6.10 Å². The second-order valence-electron chi connectivity index (χ2n) is 3.60. The minimum atomic E-state index is -1.65. The first-order valence-electron chi connectivity index (χ1n) is 4.94. The van der Waals surface area contributed by atoms with Crippen LogP contribution in [0.2, 0.25) is 0 Å². The van der Waals surface area contributed by atoms with Crippen molar-refractivity contribution in [2.75, 3.05) is 6.54 Å². The van der Waals surface area contributed by atoms with Crippen LogP contribution in [0.4, 0.5) is 0 Å². The molecular weight excluding hydrogens is 268 g/mol. The summed E-state index contributed by atoms with van der Waals surface area (Å²) >= 11 is 16.7. The Morgan fingerprint density at radius 2 is 1.81 bits per heavy atom. The first kappa shape index (κ1) is 14.1. The standard InChI is InChI=1S/C11H14Cl3NO/c1-8(9-5-3-2-4-6-9)15-7-10(16)11(12,13)14/h2-6,8,10,15-16H,7H2,1H3. The number of nitrogens with one attached hydrogen (secondary N) is 1. The summed E-state index contributed by atoms with van der Waals surface area (Å²) in [5.41, 5.74) is 1.12. The molecule has 1 aromatic carbocycles. The molecule has 0 aromatic heterocycles. The van der Waals surface area contributed by atoms with Crippen LogP contribution >= 0.6 is 34.8 Å². The zero-order valence-corrected chi connectivity index (χ0v) is 11.1. The Bertz CT molecular complexity index is 313. The van der Waals surface area contributed by atoms with E-state index in [2.05, 4.69) is 5.32 Å². The predicted molar refractivity (Wildman–Crippen MR) is 69.2 cm³/mol. The molecule has 0 aliphatic carbocycles. The van der Waals surface area contributed by atoms with Crippen LogP contribution < -0.4 is 5.32 Å². The average molecular weight is 283 g/mol. The van der Waals surface area contributed by atoms with Crippen molar-refractivity contribution in [2.45, 2.75) is 22.9 Å². The van der Waals surface area contributed by atoms with Crippen molar-refractivity contribution in [2.24, 2.45) is 0 Å². The summed E-state index contributed by atoms with van der Waals surface area (Å²) in [7, 11) is 0. The third-order valence-electron chi connectivity index (χ3n) is 2.29. The van der Waals surface area contributed by atoms with Gasteiger partial charge in [0.2, 0.25) is 3.79 Å². The second-order valence-corrected chi connectivity index (χ2v) is 5.97. The van der Waals surface area contributed by atoms with Crippen molar-refractivity contribution >= 4 is 34.8 Å². The van der Waals surface area contributed by atoms with Crippen molar-refractivity contribution < 1.29 is 5.11 Å². The predicted octanol–water partition coefficient (Wildman–Crippen LogP) is 3.07. The lowest BCUT2D eigenvalue weighted by Crippen LogP contribution is -2.37. The molecule has 0 heterocycles. The van der Waals surface area contributed by atoms with Crippen LogP contribution in [-0.4, -0.2) is 21.5 Å². The summed E-state index contributed by atoms with van der Waals surface area (Å²) in [6.07, 6.45) is -1.02. The number of halogens is 3. The fourth-order valence-electron chi connectivity index (χ4n) is 1.26. The van der Waals surface area contributed by atoms with Crippen LogP contribution in [0.25, 0.3) is 0 Å². The van der Waals surface area contributed by atoms with Crippen molar-refractivity contribution in [1.29, 1.82) is 0 Å². The molecule has 0 aliphatic rings. The molecule has 0 amide bonds. The molecule has 16 heavy (non-hydrogen) atoms. The summed E-state index contributed by atoms with van der Waals surface area (Å²) in [5, 5.41) is 12.6. The van der Waals surface area contributed by atoms with Gasteiger partial charge < -0.3 is 10.4 Å². The first-order valence-corrected chi connectivity index (χ1v) is 6.07. The largest absolute Gasteiger partial charge is 0.387 e. The molecule has 0 aliphatic heterocycles. The molecule has 0 bridgehead atoms. The summed E-state index contributed by atoms with van der Waals surface area (Å²) in [4.78, 5) is 0. The van der Waals surface area contributed by atoms with Crippen molar-refractivity contribution in [3.05, 3.63) is 35.9 Å². The van der Waals surface area contributed by atoms with E-state index in [1.165, 1.54) is 0 Å². The van der Waals surface area contributed by atoms with Gasteiger partial charge in [-0.3, -0.25) is 0 Å². The lowest BCUT2D eigenvalue weighted by atomic mass is 10.1. The van der Waals surface area contributed by atoms with Crippen LogP contribution in [0.1, 0.15) is 18.5 Å². The van der Waals surface area contributed by atoms with E-state index in [-0.39, 0.29) is 12.6 Å². The molecule has 90 valence electrons. The first-order chi connectivity index (χ1) is 7.41. The van der Waals surface area contributed by atoms with Gasteiger partial charge in [0.15, 0.2) is 0 Å². The molecule has 0 saturated heterocycles. The van der Waals surface area contributed by atoms with E-state index in [1.807, 2.05) is 37.3 Å². The van der Waals surface area contributed by atoms with Crippen molar-refractivity contribution in [3.8, 4) is 0 Å². The zero-order valence-electron chi connectivity index (χ0n) is 8.83. The van der Waals surface area contributed by atoms with Crippen molar-refractivity contribution in [1.82, 2.24) is 5.32 Å². The highest BCUT2D eigenvalue weighted by molar-refractivity contribution is 6.68. The van der Waals surface area contributed by atoms with E-state index in [0.717, 1.165) is 5.56 Å². The maximum atomic E-state index is 9.52. The Balaban J connectivity index is 2.45. The number of rotatable bonds is 4. The minimum Gasteiger partial charge on any atom is -0.387 e. The minimum absolute atomic E-state index is 0.100. The fourth-order valence-corrected chi connectivity index (χ4v) is 1.50. The number of alkyl halides is 3. The SMILES string of the molecule is CC(NCC(O)C(Cl)(Cl)Cl)c1ccccc1. The van der Waals surface area contributed by atoms with Gasteiger partial charge in [-0.15, -0.1) is 0 Å². The van der Waals surface area contributed by atoms with Gasteiger partial charge in [0.25, 0.3) is 0 Å². The Kier molecular flexibility index (Phi) is 5.35. The molecule has 1 aromatic rings. The molecule has 5 heteroatoms. The Labute approximate surface area is 111 Å². The average Bonchev–Trinajstić information content (AvgIpc) is 2.25. The van der Waals surface area contributed by atoms with Gasteiger partial charge in [-0.25, -0.2) is 0 Å². The smallest absolute Gasteiger partial charge is 0.217 e. The summed E-state index contributed by atoms with van der Waals surface area (Å²) in [6, 6.07) is 9.96. The Hall–Kier alpha value is 0.01000. The van der Waals surface area contributed by atoms with Gasteiger partial charge in [-0.05, 0) is 12.5 Å². The topological polar surface area (TPSA) is 32.3 Å². The summed E-state index contributed by atoms with van der Waals surface area (Å²) in [5.74, 6) is 0. The van der Waals surface area contributed by atoms with Gasteiger partial charge in [-0.1, -0.05) is 65.1 Å². The van der Waals surface area contributed by atoms with E-state index in [0.29, 0.717) is 0 Å². The third kappa shape index (κ3) is 4.48. The maximum absolute atomic E-state index is 9.52. The van der Waals surface area contributed by atoms with Crippen LogP contribution in [0.3, 0.4) is 0 Å². The second kappa shape index (κ2) is 6.08. The molecule has 0 radical (unpaired) electrons. The normalized spacial score (nSPS) is 15.8. The fraction of sp³-hybridized carbons (Fsp3) is 0.455. The Morgan fingerprint density at radius 3 is 2.31 bits per heavy atom. The number of aliphatic hydroxyl groups excluding tert-OH is 1. The van der Waals surface area contributed by atoms with E-state index in [9.17, 15) is 5.11 Å². The van der Waals surface area contributed by atoms with Gasteiger partial charge in [0, 0.05) is 12.6 Å². The maximum Gasteiger partial charge on any atom is 0.217 e. The lowest BCUT2D eigenvalue weighted by molar-refractivity contribution is 0.172. The highest BCUT2D eigenvalue weighted by Gasteiger charge is 2.30. The quantitative estimate of drug-likeness (QED) is 0.832. The number of hydrogen-bond acceptors (Lipinski definition) is 2. The number of benzene rings is 1. The van der Waals surface area contributed by atoms with E-state index in [4.69, 9.17) is 34.8 Å². The summed E-state index contributed by atoms with van der Waals surface area (Å²) < 4.78 is -1.65. The molecule has 1 rings (SSSR count). The van der Waals surface area contributed by atoms with Gasteiger partial charge >= 0.3 is 0 Å². The van der Waals surface area contributed by atoms with Crippen LogP contribution in [-0.2, 0) is 0 Å². The molecule has 0 spiro atoms. The van der Waals surface area contributed by atoms with Crippen LogP contribution in [0.5, 0.6) is 0 Å². The highest BCUT2D eigenvalue weighted by Crippen LogP contribution is 2.30. The molecule has 0 fully saturated rings. The van der Waals surface area contributed by atoms with E-state index < -0.39 is 9.90 Å². The number of aliphatic hydroxyl groups is 1. The molecule has 2 nitrogen and oxygen atoms in total. The Morgan fingerprint density at radius 1 is 1.25 bits per heavy atom. The van der Waals surface area contributed by atoms with Gasteiger partial charge in [0.05, 0.1) is 0 Å². The van der Waals surface area contributed by atoms with Gasteiger partial charge in [-0.2, -0.15) is 0 Å². The summed E-state index contributed by atoms with van der Waals surface area (Å²) in [6.45, 7) is 2.22. The molecule has 2 unspecified atom stereocenters. The van der Waals surface area contributed by atoms with Crippen molar-refractivity contribution in [3.63, 3.8) is 0 Å². The van der Waals surface area contributed by atoms with Crippen LogP contribution in [0.15, 0.2) is 30.3 Å². The zero-order chi connectivity index (χ0) is 12.2. The van der Waals surface area contributed by atoms with Crippen LogP contribution in [0, 0.1) is 0 Å². The third-order valence-corrected chi connectivity index (χ3v) is 3.05. The molecule has 2 atom stereocenters. The van der Waals surface area contributed by atoms with E-state index in [1.54, 1.807) is 0 Å². The number of hydrogen-bond donors (Lipinski definition) is 2. The lowest BCUT2D eigenvalue weighted by Gasteiger charge is -2.22. The van der Waals surface area contributed by atoms with E-state index >= 15 is 0 Å².